The number of rotatable bonds is 6. The van der Waals surface area contributed by atoms with E-state index in [0.29, 0.717) is 12.2 Å². The molecule has 0 saturated carbocycles. The minimum absolute atomic E-state index is 0.278. The number of carbonyl (C=O) groups is 1. The number of nitrogens with one attached hydrogen (secondary N) is 2. The second-order valence-corrected chi connectivity index (χ2v) is 5.75. The maximum atomic E-state index is 12.2. The highest BCUT2D eigenvalue weighted by atomic mass is 16.5. The molecule has 0 spiro atoms. The summed E-state index contributed by atoms with van der Waals surface area (Å²) in [6.45, 7) is 6.97. The lowest BCUT2D eigenvalue weighted by Crippen LogP contribution is -2.19. The summed E-state index contributed by atoms with van der Waals surface area (Å²) >= 11 is 0. The molecule has 6 nitrogen and oxygen atoms in total. The van der Waals surface area contributed by atoms with E-state index in [1.807, 2.05) is 11.6 Å². The number of hydrogen-bond donors (Lipinski definition) is 2. The summed E-state index contributed by atoms with van der Waals surface area (Å²) in [6, 6.07) is 0. The molecule has 3 rings (SSSR count). The van der Waals surface area contributed by atoms with Crippen molar-refractivity contribution < 1.29 is 9.53 Å². The number of esters is 1. The van der Waals surface area contributed by atoms with Crippen LogP contribution in [0.3, 0.4) is 0 Å². The molecule has 0 fully saturated rings. The van der Waals surface area contributed by atoms with E-state index in [1.54, 1.807) is 6.20 Å². The fourth-order valence-electron chi connectivity index (χ4n) is 3.10. The molecule has 124 valence electrons. The average molecular weight is 316 g/mol. The molecule has 1 aliphatic carbocycles. The van der Waals surface area contributed by atoms with Gasteiger partial charge in [-0.05, 0) is 38.3 Å². The predicted molar refractivity (Wildman–Crippen MR) is 88.5 cm³/mol. The highest BCUT2D eigenvalue weighted by Crippen LogP contribution is 2.34. The van der Waals surface area contributed by atoms with Gasteiger partial charge in [-0.1, -0.05) is 6.92 Å². The maximum Gasteiger partial charge on any atom is 0.340 e. The van der Waals surface area contributed by atoms with Gasteiger partial charge in [0.05, 0.1) is 24.4 Å². The lowest BCUT2D eigenvalue weighted by molar-refractivity contribution is 0.0527. The van der Waals surface area contributed by atoms with E-state index >= 15 is 0 Å². The zero-order valence-corrected chi connectivity index (χ0v) is 13.8. The molecule has 0 aromatic carbocycles. The molecule has 1 aliphatic rings. The number of aromatic nitrogens is 3. The molecule has 0 unspecified atom stereocenters. The first kappa shape index (κ1) is 15.8. The van der Waals surface area contributed by atoms with Crippen LogP contribution >= 0.6 is 0 Å². The average Bonchev–Trinajstić information content (AvgIpc) is 3.09. The Morgan fingerprint density at radius 2 is 2.30 bits per heavy atom. The Balaban J connectivity index is 1.95. The zero-order valence-electron chi connectivity index (χ0n) is 13.8. The number of ether oxygens (including phenoxy) is 1. The van der Waals surface area contributed by atoms with Gasteiger partial charge in [0.25, 0.3) is 0 Å². The third-order valence-corrected chi connectivity index (χ3v) is 4.17. The molecule has 0 saturated heterocycles. The van der Waals surface area contributed by atoms with Crippen LogP contribution in [0.4, 0.5) is 0 Å². The number of fused-ring (bicyclic) bond motifs is 3. The summed E-state index contributed by atoms with van der Waals surface area (Å²) in [5.74, 6) is -0.278. The molecule has 2 heterocycles. The number of H-pyrrole nitrogens is 1. The van der Waals surface area contributed by atoms with Crippen LogP contribution in [0.5, 0.6) is 0 Å². The quantitative estimate of drug-likeness (QED) is 0.633. The van der Waals surface area contributed by atoms with Crippen LogP contribution in [0.2, 0.25) is 0 Å². The first-order chi connectivity index (χ1) is 11.2. The lowest BCUT2D eigenvalue weighted by atomic mass is 10.1. The molecule has 2 N–H and O–H groups in total. The Morgan fingerprint density at radius 3 is 3.09 bits per heavy atom. The number of nitrogens with zero attached hydrogens (tertiary/aromatic N) is 2. The largest absolute Gasteiger partial charge is 0.462 e. The van der Waals surface area contributed by atoms with Gasteiger partial charge in [0.15, 0.2) is 0 Å². The van der Waals surface area contributed by atoms with E-state index in [1.165, 1.54) is 5.56 Å². The van der Waals surface area contributed by atoms with Gasteiger partial charge < -0.3 is 15.0 Å². The normalized spacial score (nSPS) is 13.3. The van der Waals surface area contributed by atoms with Crippen LogP contribution in [0.25, 0.3) is 11.3 Å². The second-order valence-electron chi connectivity index (χ2n) is 5.75. The molecule has 0 amide bonds. The van der Waals surface area contributed by atoms with Crippen LogP contribution in [0.15, 0.2) is 12.4 Å². The van der Waals surface area contributed by atoms with Gasteiger partial charge in [0, 0.05) is 30.2 Å². The molecule has 0 atom stereocenters. The van der Waals surface area contributed by atoms with Gasteiger partial charge in [0.1, 0.15) is 0 Å². The van der Waals surface area contributed by atoms with Crippen LogP contribution in [-0.4, -0.2) is 40.4 Å². The van der Waals surface area contributed by atoms with Crippen molar-refractivity contribution in [2.75, 3.05) is 19.7 Å². The summed E-state index contributed by atoms with van der Waals surface area (Å²) in [5.41, 5.74) is 4.76. The maximum absolute atomic E-state index is 12.2. The second kappa shape index (κ2) is 7.00. The molecule has 23 heavy (non-hydrogen) atoms. The molecule has 2 aromatic rings. The monoisotopic (exact) mass is 316 g/mol. The summed E-state index contributed by atoms with van der Waals surface area (Å²) in [5, 5.41) is 8.06. The SMILES string of the molecule is CCNCCn1cc2c(n1)-c1c(C(=O)OCC)c[nH]c1CCC2. The first-order valence-corrected chi connectivity index (χ1v) is 8.39. The number of aryl methyl sites for hydroxylation is 2. The van der Waals surface area contributed by atoms with Crippen molar-refractivity contribution in [2.24, 2.45) is 0 Å². The summed E-state index contributed by atoms with van der Waals surface area (Å²) < 4.78 is 7.17. The minimum atomic E-state index is -0.278. The number of hydrogen-bond acceptors (Lipinski definition) is 4. The summed E-state index contributed by atoms with van der Waals surface area (Å²) in [4.78, 5) is 15.5. The Morgan fingerprint density at radius 1 is 1.43 bits per heavy atom. The van der Waals surface area contributed by atoms with Gasteiger partial charge >= 0.3 is 5.97 Å². The third kappa shape index (κ3) is 3.17. The zero-order chi connectivity index (χ0) is 16.2. The van der Waals surface area contributed by atoms with Gasteiger partial charge in [-0.3, -0.25) is 4.68 Å². The molecule has 0 bridgehead atoms. The Labute approximate surface area is 136 Å². The molecular weight excluding hydrogens is 292 g/mol. The van der Waals surface area contributed by atoms with Crippen molar-refractivity contribution in [3.8, 4) is 11.3 Å². The number of likely N-dealkylation sites (N-methyl/N-ethyl adjacent to an activating group) is 1. The van der Waals surface area contributed by atoms with Gasteiger partial charge in [-0.2, -0.15) is 5.10 Å². The highest BCUT2D eigenvalue weighted by Gasteiger charge is 2.26. The third-order valence-electron chi connectivity index (χ3n) is 4.17. The standard InChI is InChI=1S/C17H24N4O2/c1-3-18-8-9-21-11-12-6-5-7-14-15(16(12)20-21)13(10-19-14)17(22)23-4-2/h10-11,18-19H,3-9H2,1-2H3. The fourth-order valence-corrected chi connectivity index (χ4v) is 3.10. The van der Waals surface area contributed by atoms with Crippen molar-refractivity contribution >= 4 is 5.97 Å². The molecule has 2 aromatic heterocycles. The molecule has 6 heteroatoms. The van der Waals surface area contributed by atoms with Crippen molar-refractivity contribution in [3.05, 3.63) is 29.2 Å². The van der Waals surface area contributed by atoms with E-state index < -0.39 is 0 Å². The van der Waals surface area contributed by atoms with Crippen LogP contribution in [-0.2, 0) is 24.1 Å². The van der Waals surface area contributed by atoms with Crippen molar-refractivity contribution in [3.63, 3.8) is 0 Å². The van der Waals surface area contributed by atoms with E-state index in [2.05, 4.69) is 23.4 Å². The van der Waals surface area contributed by atoms with E-state index in [4.69, 9.17) is 9.84 Å². The predicted octanol–water partition coefficient (Wildman–Crippen LogP) is 2.15. The Kier molecular flexibility index (Phi) is 4.81. The Hall–Kier alpha value is -2.08. The van der Waals surface area contributed by atoms with E-state index in [9.17, 15) is 4.79 Å². The summed E-state index contributed by atoms with van der Waals surface area (Å²) in [6.07, 6.45) is 6.85. The lowest BCUT2D eigenvalue weighted by Gasteiger charge is -2.05. The highest BCUT2D eigenvalue weighted by molar-refractivity contribution is 5.98. The van der Waals surface area contributed by atoms with E-state index in [-0.39, 0.29) is 5.97 Å². The fraction of sp³-hybridized carbons (Fsp3) is 0.529. The van der Waals surface area contributed by atoms with Crippen molar-refractivity contribution in [1.82, 2.24) is 20.1 Å². The topological polar surface area (TPSA) is 71.9 Å². The van der Waals surface area contributed by atoms with Gasteiger partial charge in [-0.15, -0.1) is 0 Å². The molecule has 0 radical (unpaired) electrons. The van der Waals surface area contributed by atoms with Crippen molar-refractivity contribution in [1.29, 1.82) is 0 Å². The van der Waals surface area contributed by atoms with E-state index in [0.717, 1.165) is 55.8 Å². The molecular formula is C17H24N4O2. The van der Waals surface area contributed by atoms with Crippen LogP contribution in [0.1, 0.15) is 41.9 Å². The minimum Gasteiger partial charge on any atom is -0.462 e. The van der Waals surface area contributed by atoms with Gasteiger partial charge in [-0.25, -0.2) is 4.79 Å². The Bertz CT molecular complexity index is 687. The first-order valence-electron chi connectivity index (χ1n) is 8.39. The van der Waals surface area contributed by atoms with Crippen LogP contribution < -0.4 is 5.32 Å². The van der Waals surface area contributed by atoms with Crippen LogP contribution in [0, 0.1) is 0 Å². The summed E-state index contributed by atoms with van der Waals surface area (Å²) in [7, 11) is 0. The smallest absolute Gasteiger partial charge is 0.340 e. The molecule has 0 aliphatic heterocycles. The van der Waals surface area contributed by atoms with Gasteiger partial charge in [0.2, 0.25) is 0 Å². The number of carbonyl (C=O) groups excluding carboxylic acids is 1. The number of aromatic amines is 1. The van der Waals surface area contributed by atoms with Crippen molar-refractivity contribution in [2.45, 2.75) is 39.7 Å².